The Hall–Kier alpha value is -1.53. The number of anilines is 1. The molecule has 4 nitrogen and oxygen atoms in total. The Morgan fingerprint density at radius 3 is 2.09 bits per heavy atom. The van der Waals surface area contributed by atoms with Crippen molar-refractivity contribution in [3.05, 3.63) is 50.9 Å². The zero-order chi connectivity index (χ0) is 16.8. The van der Waals surface area contributed by atoms with Crippen molar-refractivity contribution in [2.45, 2.75) is 13.8 Å². The van der Waals surface area contributed by atoms with E-state index in [1.807, 2.05) is 38.1 Å². The normalized spacial score (nSPS) is 10.3. The molecule has 0 aromatic heterocycles. The van der Waals surface area contributed by atoms with Crippen LogP contribution in [-0.4, -0.2) is 19.1 Å². The molecule has 0 aliphatic rings. The number of aryl methyl sites for hydroxylation is 1. The van der Waals surface area contributed by atoms with Gasteiger partial charge < -0.3 is 14.8 Å². The summed E-state index contributed by atoms with van der Waals surface area (Å²) >= 11 is 6.89. The van der Waals surface area contributed by atoms with E-state index in [-0.39, 0.29) is 12.5 Å². The van der Waals surface area contributed by atoms with E-state index in [4.69, 9.17) is 9.47 Å². The molecule has 6 heteroatoms. The van der Waals surface area contributed by atoms with Gasteiger partial charge in [0.15, 0.2) is 6.61 Å². The molecule has 0 radical (unpaired) electrons. The summed E-state index contributed by atoms with van der Waals surface area (Å²) in [5.41, 5.74) is 1.78. The van der Waals surface area contributed by atoms with E-state index in [1.54, 1.807) is 12.1 Å². The van der Waals surface area contributed by atoms with Gasteiger partial charge in [-0.05, 0) is 87.7 Å². The van der Waals surface area contributed by atoms with Gasteiger partial charge in [0.2, 0.25) is 0 Å². The Balaban J connectivity index is 1.93. The maximum atomic E-state index is 12.0. The van der Waals surface area contributed by atoms with Gasteiger partial charge in [0.05, 0.1) is 12.3 Å². The van der Waals surface area contributed by atoms with Crippen molar-refractivity contribution >= 4 is 43.5 Å². The number of hydrogen-bond acceptors (Lipinski definition) is 3. The molecule has 2 aromatic rings. The molecule has 0 aliphatic carbocycles. The number of amides is 1. The molecule has 0 spiro atoms. The zero-order valence-electron chi connectivity index (χ0n) is 12.9. The molecule has 23 heavy (non-hydrogen) atoms. The van der Waals surface area contributed by atoms with Crippen LogP contribution < -0.4 is 14.8 Å². The summed E-state index contributed by atoms with van der Waals surface area (Å²) < 4.78 is 12.5. The fourth-order valence-corrected chi connectivity index (χ4v) is 3.56. The minimum Gasteiger partial charge on any atom is -0.494 e. The molecule has 1 N–H and O–H groups in total. The van der Waals surface area contributed by atoms with Crippen molar-refractivity contribution in [3.8, 4) is 11.5 Å². The van der Waals surface area contributed by atoms with Gasteiger partial charge in [-0.1, -0.05) is 0 Å². The first-order chi connectivity index (χ1) is 11.0. The quantitative estimate of drug-likeness (QED) is 0.689. The Labute approximate surface area is 152 Å². The number of nitrogens with one attached hydrogen (secondary N) is 1. The van der Waals surface area contributed by atoms with E-state index in [0.29, 0.717) is 18.0 Å². The Bertz CT molecular complexity index is 664. The summed E-state index contributed by atoms with van der Waals surface area (Å²) in [6, 6.07) is 11.0. The van der Waals surface area contributed by atoms with Gasteiger partial charge in [0.25, 0.3) is 5.91 Å². The number of ether oxygens (including phenoxy) is 2. The van der Waals surface area contributed by atoms with Gasteiger partial charge in [-0.3, -0.25) is 4.79 Å². The van der Waals surface area contributed by atoms with E-state index in [9.17, 15) is 4.79 Å². The third-order valence-electron chi connectivity index (χ3n) is 2.96. The summed E-state index contributed by atoms with van der Waals surface area (Å²) in [6.45, 7) is 4.45. The van der Waals surface area contributed by atoms with Crippen LogP contribution in [0, 0.1) is 6.92 Å². The molecule has 1 amide bonds. The Morgan fingerprint density at radius 1 is 1.04 bits per heavy atom. The molecule has 0 bridgehead atoms. The standard InChI is InChI=1S/C17H17Br2NO3/c1-3-22-12-4-6-13(7-5-12)23-10-16(21)20-17-14(18)8-11(2)9-15(17)19/h4-9H,3,10H2,1-2H3,(H,20,21). The maximum Gasteiger partial charge on any atom is 0.262 e. The lowest BCUT2D eigenvalue weighted by Crippen LogP contribution is -2.20. The topological polar surface area (TPSA) is 47.6 Å². The second kappa shape index (κ2) is 8.36. The molecule has 0 unspecified atom stereocenters. The third-order valence-corrected chi connectivity index (χ3v) is 4.21. The van der Waals surface area contributed by atoms with Crippen LogP contribution in [0.4, 0.5) is 5.69 Å². The van der Waals surface area contributed by atoms with E-state index in [1.165, 1.54) is 0 Å². The largest absolute Gasteiger partial charge is 0.494 e. The summed E-state index contributed by atoms with van der Waals surface area (Å²) in [7, 11) is 0. The average molecular weight is 443 g/mol. The van der Waals surface area contributed by atoms with Crippen LogP contribution in [0.5, 0.6) is 11.5 Å². The summed E-state index contributed by atoms with van der Waals surface area (Å²) in [5, 5.41) is 2.83. The average Bonchev–Trinajstić information content (AvgIpc) is 2.50. The van der Waals surface area contributed by atoms with Crippen molar-refractivity contribution < 1.29 is 14.3 Å². The van der Waals surface area contributed by atoms with Gasteiger partial charge in [0, 0.05) is 8.95 Å². The van der Waals surface area contributed by atoms with Crippen molar-refractivity contribution in [3.63, 3.8) is 0 Å². The molecule has 0 fully saturated rings. The Morgan fingerprint density at radius 2 is 1.57 bits per heavy atom. The van der Waals surface area contributed by atoms with Gasteiger partial charge in [0.1, 0.15) is 11.5 Å². The van der Waals surface area contributed by atoms with Crippen LogP contribution in [0.1, 0.15) is 12.5 Å². The molecule has 0 saturated carbocycles. The molecular weight excluding hydrogens is 426 g/mol. The maximum absolute atomic E-state index is 12.0. The van der Waals surface area contributed by atoms with E-state index in [0.717, 1.165) is 20.3 Å². The fourth-order valence-electron chi connectivity index (χ4n) is 1.94. The Kier molecular flexibility index (Phi) is 6.47. The van der Waals surface area contributed by atoms with Gasteiger partial charge in [-0.25, -0.2) is 0 Å². The van der Waals surface area contributed by atoms with Crippen molar-refractivity contribution in [2.75, 3.05) is 18.5 Å². The highest BCUT2D eigenvalue weighted by Crippen LogP contribution is 2.32. The minimum atomic E-state index is -0.232. The molecule has 0 aliphatic heterocycles. The monoisotopic (exact) mass is 441 g/mol. The second-order valence-electron chi connectivity index (χ2n) is 4.84. The highest BCUT2D eigenvalue weighted by Gasteiger charge is 2.10. The molecule has 122 valence electrons. The van der Waals surface area contributed by atoms with Crippen LogP contribution in [0.2, 0.25) is 0 Å². The lowest BCUT2D eigenvalue weighted by atomic mass is 10.2. The number of carbonyl (C=O) groups excluding carboxylic acids is 1. The molecule has 0 saturated heterocycles. The summed E-state index contributed by atoms with van der Waals surface area (Å²) in [5.74, 6) is 1.16. The van der Waals surface area contributed by atoms with E-state index in [2.05, 4.69) is 37.2 Å². The number of carbonyl (C=O) groups is 1. The molecular formula is C17H17Br2NO3. The van der Waals surface area contributed by atoms with Gasteiger partial charge in [-0.2, -0.15) is 0 Å². The fraction of sp³-hybridized carbons (Fsp3) is 0.235. The van der Waals surface area contributed by atoms with Crippen LogP contribution in [0.25, 0.3) is 0 Å². The highest BCUT2D eigenvalue weighted by atomic mass is 79.9. The van der Waals surface area contributed by atoms with Gasteiger partial charge in [-0.15, -0.1) is 0 Å². The molecule has 2 rings (SSSR count). The summed E-state index contributed by atoms with van der Waals surface area (Å²) in [4.78, 5) is 12.0. The predicted octanol–water partition coefficient (Wildman–Crippen LogP) is 4.94. The first-order valence-corrected chi connectivity index (χ1v) is 8.69. The number of rotatable bonds is 6. The smallest absolute Gasteiger partial charge is 0.262 e. The van der Waals surface area contributed by atoms with E-state index < -0.39 is 0 Å². The molecule has 0 heterocycles. The number of hydrogen-bond donors (Lipinski definition) is 1. The van der Waals surface area contributed by atoms with Crippen LogP contribution in [0.3, 0.4) is 0 Å². The summed E-state index contributed by atoms with van der Waals surface area (Å²) in [6.07, 6.45) is 0. The van der Waals surface area contributed by atoms with Crippen LogP contribution in [0.15, 0.2) is 45.3 Å². The lowest BCUT2D eigenvalue weighted by molar-refractivity contribution is -0.118. The number of benzene rings is 2. The number of halogens is 2. The molecule has 2 aromatic carbocycles. The van der Waals surface area contributed by atoms with Crippen LogP contribution >= 0.6 is 31.9 Å². The first-order valence-electron chi connectivity index (χ1n) is 7.10. The second-order valence-corrected chi connectivity index (χ2v) is 6.55. The van der Waals surface area contributed by atoms with Crippen LogP contribution in [-0.2, 0) is 4.79 Å². The third kappa shape index (κ3) is 5.25. The SMILES string of the molecule is CCOc1ccc(OCC(=O)Nc2c(Br)cc(C)cc2Br)cc1. The minimum absolute atomic E-state index is 0.0687. The highest BCUT2D eigenvalue weighted by molar-refractivity contribution is 9.11. The lowest BCUT2D eigenvalue weighted by Gasteiger charge is -2.12. The van der Waals surface area contributed by atoms with Gasteiger partial charge >= 0.3 is 0 Å². The zero-order valence-corrected chi connectivity index (χ0v) is 16.0. The van der Waals surface area contributed by atoms with Crippen molar-refractivity contribution in [2.24, 2.45) is 0 Å². The first kappa shape index (κ1) is 17.8. The van der Waals surface area contributed by atoms with E-state index >= 15 is 0 Å². The predicted molar refractivity (Wildman–Crippen MR) is 98.3 cm³/mol. The van der Waals surface area contributed by atoms with Crippen molar-refractivity contribution in [1.82, 2.24) is 0 Å². The molecule has 0 atom stereocenters. The van der Waals surface area contributed by atoms with Crippen molar-refractivity contribution in [1.29, 1.82) is 0 Å².